The molecule has 7 nitrogen and oxygen atoms in total. The van der Waals surface area contributed by atoms with Gasteiger partial charge in [-0.3, -0.25) is 9.59 Å². The summed E-state index contributed by atoms with van der Waals surface area (Å²) >= 11 is 0. The molecule has 1 heterocycles. The largest absolute Gasteiger partial charge is 0.357 e. The summed E-state index contributed by atoms with van der Waals surface area (Å²) in [6, 6.07) is 8.41. The Bertz CT molecular complexity index is 696. The minimum absolute atomic E-state index is 0.0382. The van der Waals surface area contributed by atoms with Crippen LogP contribution in [0.5, 0.6) is 0 Å². The minimum Gasteiger partial charge on any atom is -0.357 e. The van der Waals surface area contributed by atoms with Gasteiger partial charge in [-0.15, -0.1) is 0 Å². The van der Waals surface area contributed by atoms with Gasteiger partial charge in [0.05, 0.1) is 0 Å². The maximum atomic E-state index is 12.4. The van der Waals surface area contributed by atoms with Gasteiger partial charge in [-0.05, 0) is 5.56 Å². The highest BCUT2D eigenvalue weighted by Gasteiger charge is 2.22. The summed E-state index contributed by atoms with van der Waals surface area (Å²) in [6.45, 7) is 3.97. The molecule has 24 heavy (non-hydrogen) atoms. The first kappa shape index (κ1) is 17.7. The van der Waals surface area contributed by atoms with Gasteiger partial charge in [0.25, 0.3) is 0 Å². The zero-order chi connectivity index (χ0) is 17.5. The molecule has 0 fully saturated rings. The Morgan fingerprint density at radius 1 is 1.17 bits per heavy atom. The molecule has 0 saturated carbocycles. The molecule has 128 valence electrons. The molecule has 0 spiro atoms. The van der Waals surface area contributed by atoms with Crippen LogP contribution in [0.15, 0.2) is 30.3 Å². The Kier molecular flexibility index (Phi) is 6.06. The monoisotopic (exact) mass is 329 g/mol. The smallest absolute Gasteiger partial charge is 0.246 e. The number of nitrogens with zero attached hydrogens (tertiary/aromatic N) is 3. The zero-order valence-electron chi connectivity index (χ0n) is 14.2. The number of rotatable bonds is 7. The number of hydrogen-bond acceptors (Lipinski definition) is 4. The molecule has 0 bridgehead atoms. The van der Waals surface area contributed by atoms with E-state index in [1.165, 1.54) is 0 Å². The second kappa shape index (κ2) is 8.24. The summed E-state index contributed by atoms with van der Waals surface area (Å²) in [6.07, 6.45) is 1.41. The molecule has 7 heteroatoms. The van der Waals surface area contributed by atoms with E-state index in [0.717, 1.165) is 11.4 Å². The van der Waals surface area contributed by atoms with Crippen LogP contribution < -0.4 is 10.6 Å². The van der Waals surface area contributed by atoms with Crippen molar-refractivity contribution in [2.75, 3.05) is 7.05 Å². The number of nitrogens with one attached hydrogen (secondary N) is 2. The first-order valence-electron chi connectivity index (χ1n) is 8.07. The van der Waals surface area contributed by atoms with Crippen molar-refractivity contribution in [2.45, 2.75) is 39.3 Å². The fourth-order valence-corrected chi connectivity index (χ4v) is 2.40. The van der Waals surface area contributed by atoms with E-state index in [-0.39, 0.29) is 18.4 Å². The lowest BCUT2D eigenvalue weighted by atomic mass is 10.1. The van der Waals surface area contributed by atoms with Gasteiger partial charge in [-0.1, -0.05) is 44.2 Å². The van der Waals surface area contributed by atoms with E-state index in [4.69, 9.17) is 0 Å². The number of hydrogen-bond donors (Lipinski definition) is 2. The van der Waals surface area contributed by atoms with Gasteiger partial charge in [0.15, 0.2) is 5.82 Å². The van der Waals surface area contributed by atoms with E-state index in [2.05, 4.69) is 20.7 Å². The molecular weight excluding hydrogens is 306 g/mol. The standard InChI is InChI=1S/C17H23N5O2/c1-4-13-19-14(5-2)22(21-13)11-15(23)20-16(17(24)18-3)12-9-7-6-8-10-12/h6-10,16H,4-5,11H2,1-3H3,(H,18,24)(H,20,23). The van der Waals surface area contributed by atoms with Crippen molar-refractivity contribution in [3.05, 3.63) is 47.5 Å². The second-order valence-electron chi connectivity index (χ2n) is 5.33. The quantitative estimate of drug-likeness (QED) is 0.793. The fraction of sp³-hybridized carbons (Fsp3) is 0.412. The normalized spacial score (nSPS) is 11.8. The van der Waals surface area contributed by atoms with Crippen LogP contribution in [-0.2, 0) is 29.0 Å². The van der Waals surface area contributed by atoms with Crippen LogP contribution in [-0.4, -0.2) is 33.6 Å². The lowest BCUT2D eigenvalue weighted by Crippen LogP contribution is -2.40. The van der Waals surface area contributed by atoms with Crippen LogP contribution in [0.1, 0.15) is 37.1 Å². The van der Waals surface area contributed by atoms with E-state index in [1.54, 1.807) is 11.7 Å². The van der Waals surface area contributed by atoms with Gasteiger partial charge in [-0.2, -0.15) is 5.10 Å². The third-order valence-corrected chi connectivity index (χ3v) is 3.66. The number of aromatic nitrogens is 3. The number of aryl methyl sites for hydroxylation is 2. The predicted octanol–water partition coefficient (Wildman–Crippen LogP) is 1.01. The minimum atomic E-state index is -0.733. The van der Waals surface area contributed by atoms with E-state index in [1.807, 2.05) is 44.2 Å². The van der Waals surface area contributed by atoms with Gasteiger partial charge < -0.3 is 10.6 Å². The number of carbonyl (C=O) groups excluding carboxylic acids is 2. The number of amides is 2. The Morgan fingerprint density at radius 3 is 2.46 bits per heavy atom. The van der Waals surface area contributed by atoms with Crippen LogP contribution in [0.4, 0.5) is 0 Å². The number of benzene rings is 1. The van der Waals surface area contributed by atoms with E-state index in [0.29, 0.717) is 18.7 Å². The molecule has 1 unspecified atom stereocenters. The van der Waals surface area contributed by atoms with Crippen LogP contribution in [0.3, 0.4) is 0 Å². The fourth-order valence-electron chi connectivity index (χ4n) is 2.40. The molecule has 1 atom stereocenters. The average molecular weight is 329 g/mol. The van der Waals surface area contributed by atoms with Crippen LogP contribution in [0, 0.1) is 0 Å². The molecule has 0 aliphatic rings. The van der Waals surface area contributed by atoms with E-state index in [9.17, 15) is 9.59 Å². The molecule has 0 aliphatic heterocycles. The van der Waals surface area contributed by atoms with Crippen molar-refractivity contribution < 1.29 is 9.59 Å². The van der Waals surface area contributed by atoms with Crippen LogP contribution in [0.25, 0.3) is 0 Å². The lowest BCUT2D eigenvalue weighted by Gasteiger charge is -2.18. The third kappa shape index (κ3) is 4.18. The van der Waals surface area contributed by atoms with Crippen molar-refractivity contribution in [1.82, 2.24) is 25.4 Å². The summed E-state index contributed by atoms with van der Waals surface area (Å²) in [5, 5.41) is 9.68. The number of carbonyl (C=O) groups is 2. The van der Waals surface area contributed by atoms with Gasteiger partial charge in [0, 0.05) is 19.9 Å². The molecule has 0 aliphatic carbocycles. The van der Waals surface area contributed by atoms with Crippen LogP contribution in [0.2, 0.25) is 0 Å². The van der Waals surface area contributed by atoms with Crippen LogP contribution >= 0.6 is 0 Å². The maximum Gasteiger partial charge on any atom is 0.246 e. The van der Waals surface area contributed by atoms with Crippen molar-refractivity contribution in [3.63, 3.8) is 0 Å². The SMILES string of the molecule is CCc1nc(CC)n(CC(=O)NC(C(=O)NC)c2ccccc2)n1. The molecule has 1 aromatic heterocycles. The Hall–Kier alpha value is -2.70. The molecule has 2 rings (SSSR count). The summed E-state index contributed by atoms with van der Waals surface area (Å²) in [4.78, 5) is 28.9. The first-order valence-corrected chi connectivity index (χ1v) is 8.07. The van der Waals surface area contributed by atoms with Crippen molar-refractivity contribution in [3.8, 4) is 0 Å². The summed E-state index contributed by atoms with van der Waals surface area (Å²) in [7, 11) is 1.55. The zero-order valence-corrected chi connectivity index (χ0v) is 14.2. The second-order valence-corrected chi connectivity index (χ2v) is 5.33. The maximum absolute atomic E-state index is 12.4. The molecule has 2 aromatic rings. The van der Waals surface area contributed by atoms with Gasteiger partial charge in [-0.25, -0.2) is 9.67 Å². The molecular formula is C17H23N5O2. The third-order valence-electron chi connectivity index (χ3n) is 3.66. The Morgan fingerprint density at radius 2 is 1.88 bits per heavy atom. The number of likely N-dealkylation sites (N-methyl/N-ethyl adjacent to an activating group) is 1. The highest BCUT2D eigenvalue weighted by Crippen LogP contribution is 2.12. The average Bonchev–Trinajstić information content (AvgIpc) is 3.01. The van der Waals surface area contributed by atoms with Crippen molar-refractivity contribution in [1.29, 1.82) is 0 Å². The van der Waals surface area contributed by atoms with Gasteiger partial charge in [0.1, 0.15) is 18.4 Å². The first-order chi connectivity index (χ1) is 11.6. The Balaban J connectivity index is 2.14. The van der Waals surface area contributed by atoms with Crippen molar-refractivity contribution >= 4 is 11.8 Å². The Labute approximate surface area is 141 Å². The molecule has 2 N–H and O–H groups in total. The molecule has 0 saturated heterocycles. The van der Waals surface area contributed by atoms with Gasteiger partial charge >= 0.3 is 0 Å². The van der Waals surface area contributed by atoms with E-state index < -0.39 is 6.04 Å². The summed E-state index contributed by atoms with van der Waals surface area (Å²) in [5.74, 6) is 0.927. The molecule has 1 aromatic carbocycles. The van der Waals surface area contributed by atoms with Crippen molar-refractivity contribution in [2.24, 2.45) is 0 Å². The predicted molar refractivity (Wildman–Crippen MR) is 90.2 cm³/mol. The highest BCUT2D eigenvalue weighted by molar-refractivity contribution is 5.88. The summed E-state index contributed by atoms with van der Waals surface area (Å²) in [5.41, 5.74) is 0.730. The molecule has 2 amide bonds. The van der Waals surface area contributed by atoms with Gasteiger partial charge in [0.2, 0.25) is 11.8 Å². The summed E-state index contributed by atoms with van der Waals surface area (Å²) < 4.78 is 1.60. The molecule has 0 radical (unpaired) electrons. The topological polar surface area (TPSA) is 88.9 Å². The van der Waals surface area contributed by atoms with E-state index >= 15 is 0 Å². The highest BCUT2D eigenvalue weighted by atomic mass is 16.2. The lowest BCUT2D eigenvalue weighted by molar-refractivity contribution is -0.129.